The summed E-state index contributed by atoms with van der Waals surface area (Å²) < 4.78 is 19.1. The van der Waals surface area contributed by atoms with Crippen molar-refractivity contribution >= 4 is 0 Å². The van der Waals surface area contributed by atoms with Crippen molar-refractivity contribution in [2.24, 2.45) is 5.92 Å². The third-order valence-corrected chi connectivity index (χ3v) is 5.16. The van der Waals surface area contributed by atoms with Gasteiger partial charge in [-0.05, 0) is 24.8 Å². The van der Waals surface area contributed by atoms with Gasteiger partial charge in [-0.2, -0.15) is 0 Å². The molecule has 0 unspecified atom stereocenters. The molecule has 3 nitrogen and oxygen atoms in total. The molecule has 0 spiro atoms. The smallest absolute Gasteiger partial charge is 0.126 e. The van der Waals surface area contributed by atoms with Crippen LogP contribution in [0, 0.1) is 11.7 Å². The summed E-state index contributed by atoms with van der Waals surface area (Å²) in [5.41, 5.74) is 1.16. The molecule has 1 aliphatic heterocycles. The molecule has 2 aliphatic rings. The number of ether oxygens (including phenoxy) is 1. The summed E-state index contributed by atoms with van der Waals surface area (Å²) in [7, 11) is 1.65. The molecule has 0 bridgehead atoms. The third-order valence-electron chi connectivity index (χ3n) is 5.16. The van der Waals surface area contributed by atoms with Gasteiger partial charge in [0.1, 0.15) is 11.6 Å². The molecule has 1 N–H and O–H groups in total. The molecular formula is C18H27FN2O. The highest BCUT2D eigenvalue weighted by molar-refractivity contribution is 5.37. The minimum absolute atomic E-state index is 0.219. The second kappa shape index (κ2) is 7.42. The Morgan fingerprint density at radius 2 is 1.91 bits per heavy atom. The summed E-state index contributed by atoms with van der Waals surface area (Å²) in [5, 5.41) is 3.43. The van der Waals surface area contributed by atoms with Crippen molar-refractivity contribution in [1.29, 1.82) is 0 Å². The first-order chi connectivity index (χ1) is 10.8. The van der Waals surface area contributed by atoms with E-state index in [9.17, 15) is 4.39 Å². The first-order valence-electron chi connectivity index (χ1n) is 8.58. The quantitative estimate of drug-likeness (QED) is 0.923. The lowest BCUT2D eigenvalue weighted by atomic mass is 9.80. The largest absolute Gasteiger partial charge is 0.496 e. The van der Waals surface area contributed by atoms with Gasteiger partial charge in [0, 0.05) is 43.9 Å². The molecule has 0 aromatic heterocycles. The molecule has 122 valence electrons. The van der Waals surface area contributed by atoms with Crippen LogP contribution in [0.4, 0.5) is 4.39 Å². The first kappa shape index (κ1) is 15.8. The molecule has 1 aromatic carbocycles. The van der Waals surface area contributed by atoms with Crippen molar-refractivity contribution in [1.82, 2.24) is 10.2 Å². The van der Waals surface area contributed by atoms with E-state index in [1.54, 1.807) is 13.2 Å². The molecule has 1 saturated heterocycles. The molecule has 2 fully saturated rings. The van der Waals surface area contributed by atoms with Crippen molar-refractivity contribution in [2.45, 2.75) is 38.1 Å². The summed E-state index contributed by atoms with van der Waals surface area (Å²) in [6, 6.07) is 5.41. The van der Waals surface area contributed by atoms with E-state index in [0.29, 0.717) is 17.7 Å². The summed E-state index contributed by atoms with van der Waals surface area (Å²) in [5.74, 6) is 1.14. The van der Waals surface area contributed by atoms with Crippen molar-refractivity contribution in [2.75, 3.05) is 33.3 Å². The van der Waals surface area contributed by atoms with Gasteiger partial charge in [-0.3, -0.25) is 4.90 Å². The number of rotatable bonds is 4. The van der Waals surface area contributed by atoms with Crippen LogP contribution in [0.15, 0.2) is 18.2 Å². The number of hydrogen-bond acceptors (Lipinski definition) is 3. The van der Waals surface area contributed by atoms with Crippen LogP contribution in [0.25, 0.3) is 0 Å². The molecule has 1 heterocycles. The van der Waals surface area contributed by atoms with Gasteiger partial charge in [0.15, 0.2) is 0 Å². The molecule has 22 heavy (non-hydrogen) atoms. The van der Waals surface area contributed by atoms with Crippen LogP contribution < -0.4 is 10.1 Å². The van der Waals surface area contributed by atoms with Gasteiger partial charge in [-0.25, -0.2) is 4.39 Å². The van der Waals surface area contributed by atoms with Crippen LogP contribution >= 0.6 is 0 Å². The Labute approximate surface area is 132 Å². The maximum atomic E-state index is 13.6. The third kappa shape index (κ3) is 3.44. The predicted octanol–water partition coefficient (Wildman–Crippen LogP) is 3.36. The standard InChI is InChI=1S/C18H27FN2O/c1-22-17-13-15(19)7-8-16(17)18(14-5-3-2-4-6-14)21-11-9-20-10-12-21/h7-8,13-14,18,20H,2-6,9-12H2,1H3/t18-/m1/s1. The van der Waals surface area contributed by atoms with Gasteiger partial charge < -0.3 is 10.1 Å². The summed E-state index contributed by atoms with van der Waals surface area (Å²) in [4.78, 5) is 2.57. The average Bonchev–Trinajstić information content (AvgIpc) is 2.58. The molecule has 0 radical (unpaired) electrons. The fraction of sp³-hybridized carbons (Fsp3) is 0.667. The number of hydrogen-bond donors (Lipinski definition) is 1. The average molecular weight is 306 g/mol. The Bertz CT molecular complexity index is 464. The van der Waals surface area contributed by atoms with Crippen molar-refractivity contribution in [3.8, 4) is 5.75 Å². The number of nitrogens with one attached hydrogen (secondary N) is 1. The Kier molecular flexibility index (Phi) is 5.32. The zero-order valence-electron chi connectivity index (χ0n) is 13.5. The lowest BCUT2D eigenvalue weighted by Crippen LogP contribution is -2.47. The summed E-state index contributed by atoms with van der Waals surface area (Å²) in [6.45, 7) is 4.18. The van der Waals surface area contributed by atoms with Gasteiger partial charge in [-0.15, -0.1) is 0 Å². The Hall–Kier alpha value is -1.13. The van der Waals surface area contributed by atoms with E-state index in [4.69, 9.17) is 4.74 Å². The number of methoxy groups -OCH3 is 1. The van der Waals surface area contributed by atoms with E-state index in [0.717, 1.165) is 31.7 Å². The topological polar surface area (TPSA) is 24.5 Å². The maximum Gasteiger partial charge on any atom is 0.126 e. The second-order valence-electron chi connectivity index (χ2n) is 6.52. The molecule has 1 atom stereocenters. The first-order valence-corrected chi connectivity index (χ1v) is 8.58. The normalized spacial score (nSPS) is 22.5. The van der Waals surface area contributed by atoms with Gasteiger partial charge in [-0.1, -0.05) is 25.3 Å². The number of nitrogens with zero attached hydrogens (tertiary/aromatic N) is 1. The highest BCUT2D eigenvalue weighted by Gasteiger charge is 2.32. The summed E-state index contributed by atoms with van der Waals surface area (Å²) in [6.07, 6.45) is 6.53. The highest BCUT2D eigenvalue weighted by atomic mass is 19.1. The minimum Gasteiger partial charge on any atom is -0.496 e. The van der Waals surface area contributed by atoms with Gasteiger partial charge >= 0.3 is 0 Å². The van der Waals surface area contributed by atoms with Crippen LogP contribution in [0.1, 0.15) is 43.7 Å². The van der Waals surface area contributed by atoms with E-state index in [1.165, 1.54) is 38.2 Å². The highest BCUT2D eigenvalue weighted by Crippen LogP contribution is 2.41. The van der Waals surface area contributed by atoms with Crippen LogP contribution in [-0.4, -0.2) is 38.2 Å². The van der Waals surface area contributed by atoms with Crippen LogP contribution in [0.5, 0.6) is 5.75 Å². The molecule has 1 aliphatic carbocycles. The number of piperazine rings is 1. The molecule has 4 heteroatoms. The zero-order valence-corrected chi connectivity index (χ0v) is 13.5. The maximum absolute atomic E-state index is 13.6. The fourth-order valence-corrected chi connectivity index (χ4v) is 4.09. The Morgan fingerprint density at radius 1 is 1.18 bits per heavy atom. The second-order valence-corrected chi connectivity index (χ2v) is 6.52. The van der Waals surface area contributed by atoms with Crippen molar-refractivity contribution in [3.05, 3.63) is 29.6 Å². The zero-order chi connectivity index (χ0) is 15.4. The van der Waals surface area contributed by atoms with E-state index < -0.39 is 0 Å². The van der Waals surface area contributed by atoms with E-state index in [1.807, 2.05) is 6.07 Å². The van der Waals surface area contributed by atoms with Crippen LogP contribution in [-0.2, 0) is 0 Å². The fourth-order valence-electron chi connectivity index (χ4n) is 4.09. The van der Waals surface area contributed by atoms with Crippen LogP contribution in [0.3, 0.4) is 0 Å². The minimum atomic E-state index is -0.219. The molecule has 0 amide bonds. The molecular weight excluding hydrogens is 279 g/mol. The molecule has 1 aromatic rings. The van der Waals surface area contributed by atoms with Crippen LogP contribution in [0.2, 0.25) is 0 Å². The van der Waals surface area contributed by atoms with Crippen molar-refractivity contribution < 1.29 is 9.13 Å². The Morgan fingerprint density at radius 3 is 2.59 bits per heavy atom. The van der Waals surface area contributed by atoms with E-state index in [-0.39, 0.29) is 5.82 Å². The van der Waals surface area contributed by atoms with Gasteiger partial charge in [0.25, 0.3) is 0 Å². The number of halogens is 1. The summed E-state index contributed by atoms with van der Waals surface area (Å²) >= 11 is 0. The lowest BCUT2D eigenvalue weighted by Gasteiger charge is -2.41. The lowest BCUT2D eigenvalue weighted by molar-refractivity contribution is 0.101. The van der Waals surface area contributed by atoms with E-state index >= 15 is 0 Å². The predicted molar refractivity (Wildman–Crippen MR) is 86.7 cm³/mol. The van der Waals surface area contributed by atoms with Gasteiger partial charge in [0.05, 0.1) is 7.11 Å². The SMILES string of the molecule is COc1cc(F)ccc1[C@@H](C1CCCCC1)N1CCNCC1. The van der Waals surface area contributed by atoms with E-state index in [2.05, 4.69) is 10.2 Å². The number of benzene rings is 1. The monoisotopic (exact) mass is 306 g/mol. The Balaban J connectivity index is 1.92. The molecule has 1 saturated carbocycles. The van der Waals surface area contributed by atoms with Gasteiger partial charge in [0.2, 0.25) is 0 Å². The van der Waals surface area contributed by atoms with Crippen molar-refractivity contribution in [3.63, 3.8) is 0 Å². The molecule has 3 rings (SSSR count).